The molecule has 1 heterocycles. The average Bonchev–Trinajstić information content (AvgIpc) is 3.43. The van der Waals surface area contributed by atoms with E-state index in [9.17, 15) is 19.5 Å². The van der Waals surface area contributed by atoms with Gasteiger partial charge in [-0.25, -0.2) is 4.79 Å². The standard InChI is InChI=1S/C24H28N4O7/c1-33-16-5-19(30)17(11-29)20(6-16)34-12-22(31)25-21-7-18(27-28-21)14-2-3-15(4-14)35-23(32)26-24-8-13(9-24)10-24/h5-7,11,13-15,30H,2-4,8-10,12H2,1H3,(H,26,32)(H2,25,27,28,31). The molecule has 0 spiro atoms. The fraction of sp³-hybridized carbons (Fsp3) is 0.500. The van der Waals surface area contributed by atoms with Crippen molar-refractivity contribution in [2.24, 2.45) is 5.92 Å². The van der Waals surface area contributed by atoms with Gasteiger partial charge >= 0.3 is 6.09 Å². The van der Waals surface area contributed by atoms with Crippen LogP contribution < -0.4 is 20.1 Å². The maximum Gasteiger partial charge on any atom is 0.407 e. The number of hydrogen-bond acceptors (Lipinski definition) is 8. The number of anilines is 1. The normalized spacial score (nSPS) is 26.1. The number of aromatic amines is 1. The topological polar surface area (TPSA) is 152 Å². The van der Waals surface area contributed by atoms with Gasteiger partial charge in [0, 0.05) is 35.3 Å². The minimum Gasteiger partial charge on any atom is -0.507 e. The third kappa shape index (κ3) is 4.75. The first kappa shape index (κ1) is 23.0. The van der Waals surface area contributed by atoms with Gasteiger partial charge in [-0.3, -0.25) is 14.7 Å². The SMILES string of the molecule is COc1cc(O)c(C=O)c(OCC(=O)Nc2cc(C3CCC(OC(=O)NC45CC(C4)C5)C3)[nH]n2)c1. The second kappa shape index (κ2) is 9.12. The number of H-pyrrole nitrogens is 1. The molecule has 0 saturated heterocycles. The number of phenols is 1. The molecule has 6 rings (SSSR count). The Morgan fingerprint density at radius 1 is 1.26 bits per heavy atom. The smallest absolute Gasteiger partial charge is 0.407 e. The van der Waals surface area contributed by atoms with E-state index in [0.29, 0.717) is 18.5 Å². The predicted octanol–water partition coefficient (Wildman–Crippen LogP) is 2.87. The van der Waals surface area contributed by atoms with Gasteiger partial charge in [-0.15, -0.1) is 0 Å². The summed E-state index contributed by atoms with van der Waals surface area (Å²) < 4.78 is 16.1. The fourth-order valence-corrected chi connectivity index (χ4v) is 5.23. The van der Waals surface area contributed by atoms with Crippen molar-refractivity contribution in [1.82, 2.24) is 15.5 Å². The summed E-state index contributed by atoms with van der Waals surface area (Å²) in [6.45, 7) is -0.396. The zero-order valence-electron chi connectivity index (χ0n) is 19.3. The van der Waals surface area contributed by atoms with Gasteiger partial charge in [-0.05, 0) is 44.4 Å². The number of nitrogens with one attached hydrogen (secondary N) is 3. The highest BCUT2D eigenvalue weighted by Gasteiger charge is 2.57. The second-order valence-electron chi connectivity index (χ2n) is 9.64. The number of amides is 2. The number of methoxy groups -OCH3 is 1. The number of rotatable bonds is 9. The molecular formula is C24H28N4O7. The highest BCUT2D eigenvalue weighted by molar-refractivity contribution is 5.91. The predicted molar refractivity (Wildman–Crippen MR) is 123 cm³/mol. The number of aromatic nitrogens is 2. The van der Waals surface area contributed by atoms with Crippen molar-refractivity contribution in [1.29, 1.82) is 0 Å². The first-order valence-corrected chi connectivity index (χ1v) is 11.7. The summed E-state index contributed by atoms with van der Waals surface area (Å²) in [5.41, 5.74) is 0.784. The quantitative estimate of drug-likeness (QED) is 0.397. The Labute approximate surface area is 201 Å². The molecule has 11 heteroatoms. The largest absolute Gasteiger partial charge is 0.507 e. The minimum absolute atomic E-state index is 0.00171. The highest BCUT2D eigenvalue weighted by Crippen LogP contribution is 2.57. The molecule has 4 N–H and O–H groups in total. The molecule has 1 aromatic heterocycles. The Morgan fingerprint density at radius 2 is 2.06 bits per heavy atom. The number of hydrogen-bond donors (Lipinski definition) is 4. The molecule has 1 aromatic carbocycles. The van der Waals surface area contributed by atoms with Gasteiger partial charge in [-0.2, -0.15) is 5.10 Å². The summed E-state index contributed by atoms with van der Waals surface area (Å²) >= 11 is 0. The summed E-state index contributed by atoms with van der Waals surface area (Å²) in [5, 5.41) is 22.7. The number of phenolic OH excluding ortho intramolecular Hbond substituents is 1. The molecule has 4 aliphatic rings. The molecule has 2 aromatic rings. The fourth-order valence-electron chi connectivity index (χ4n) is 5.23. The molecule has 2 bridgehead atoms. The number of alkyl carbamates (subject to hydrolysis) is 1. The van der Waals surface area contributed by atoms with Gasteiger partial charge < -0.3 is 30.0 Å². The van der Waals surface area contributed by atoms with Gasteiger partial charge in [0.1, 0.15) is 23.4 Å². The summed E-state index contributed by atoms with van der Waals surface area (Å²) in [5.74, 6) is 0.802. The molecule has 0 radical (unpaired) electrons. The van der Waals surface area contributed by atoms with Crippen LogP contribution in [0, 0.1) is 5.92 Å². The van der Waals surface area contributed by atoms with E-state index in [2.05, 4.69) is 20.8 Å². The molecule has 2 unspecified atom stereocenters. The Morgan fingerprint density at radius 3 is 2.74 bits per heavy atom. The molecular weight excluding hydrogens is 456 g/mol. The summed E-state index contributed by atoms with van der Waals surface area (Å²) in [6, 6.07) is 4.45. The number of carbonyl (C=O) groups is 3. The lowest BCUT2D eigenvalue weighted by atomic mass is 9.50. The Kier molecular flexibility index (Phi) is 6.00. The Bertz CT molecular complexity index is 1130. The van der Waals surface area contributed by atoms with Crippen LogP contribution in [0.5, 0.6) is 17.2 Å². The molecule has 11 nitrogen and oxygen atoms in total. The summed E-state index contributed by atoms with van der Waals surface area (Å²) in [6.07, 6.45) is 5.50. The van der Waals surface area contributed by atoms with Crippen LogP contribution in [0.2, 0.25) is 0 Å². The monoisotopic (exact) mass is 484 g/mol. The van der Waals surface area contributed by atoms with E-state index < -0.39 is 12.5 Å². The van der Waals surface area contributed by atoms with Crippen molar-refractivity contribution in [2.75, 3.05) is 19.0 Å². The molecule has 0 aliphatic heterocycles. The van der Waals surface area contributed by atoms with Crippen LogP contribution in [-0.2, 0) is 9.53 Å². The van der Waals surface area contributed by atoms with Gasteiger partial charge in [0.15, 0.2) is 18.7 Å². The molecule has 2 atom stereocenters. The molecule has 4 aliphatic carbocycles. The molecule has 4 saturated carbocycles. The van der Waals surface area contributed by atoms with Crippen molar-refractivity contribution < 1.29 is 33.7 Å². The average molecular weight is 485 g/mol. The number of nitrogens with zero attached hydrogens (tertiary/aromatic N) is 1. The van der Waals surface area contributed by atoms with E-state index in [-0.39, 0.29) is 46.5 Å². The minimum atomic E-state index is -0.486. The van der Waals surface area contributed by atoms with E-state index in [1.165, 1.54) is 19.2 Å². The Hall–Kier alpha value is -3.76. The maximum absolute atomic E-state index is 12.3. The lowest BCUT2D eigenvalue weighted by Gasteiger charge is -2.61. The van der Waals surface area contributed by atoms with Crippen molar-refractivity contribution in [3.8, 4) is 17.2 Å². The third-order valence-corrected chi connectivity index (χ3v) is 7.17. The number of aromatic hydroxyl groups is 1. The van der Waals surface area contributed by atoms with E-state index in [4.69, 9.17) is 14.2 Å². The van der Waals surface area contributed by atoms with Crippen molar-refractivity contribution >= 4 is 24.1 Å². The van der Waals surface area contributed by atoms with Crippen LogP contribution in [0.1, 0.15) is 60.5 Å². The van der Waals surface area contributed by atoms with Crippen LogP contribution in [0.4, 0.5) is 10.6 Å². The zero-order valence-corrected chi connectivity index (χ0v) is 19.3. The van der Waals surface area contributed by atoms with Crippen LogP contribution in [0.25, 0.3) is 0 Å². The molecule has 4 fully saturated rings. The summed E-state index contributed by atoms with van der Waals surface area (Å²) in [4.78, 5) is 35.8. The molecule has 35 heavy (non-hydrogen) atoms. The van der Waals surface area contributed by atoms with Crippen LogP contribution >= 0.6 is 0 Å². The van der Waals surface area contributed by atoms with E-state index in [0.717, 1.165) is 43.7 Å². The maximum atomic E-state index is 12.3. The lowest BCUT2D eigenvalue weighted by molar-refractivity contribution is -0.118. The van der Waals surface area contributed by atoms with Crippen molar-refractivity contribution in [3.63, 3.8) is 0 Å². The highest BCUT2D eigenvalue weighted by atomic mass is 16.6. The van der Waals surface area contributed by atoms with E-state index in [1.54, 1.807) is 6.07 Å². The van der Waals surface area contributed by atoms with Crippen LogP contribution in [0.3, 0.4) is 0 Å². The van der Waals surface area contributed by atoms with Crippen molar-refractivity contribution in [3.05, 3.63) is 29.5 Å². The van der Waals surface area contributed by atoms with Gasteiger partial charge in [0.05, 0.1) is 12.7 Å². The van der Waals surface area contributed by atoms with Gasteiger partial charge in [0.2, 0.25) is 0 Å². The number of carbonyl (C=O) groups excluding carboxylic acids is 3. The van der Waals surface area contributed by atoms with Crippen LogP contribution in [0.15, 0.2) is 18.2 Å². The van der Waals surface area contributed by atoms with Crippen LogP contribution in [-0.4, -0.2) is 59.0 Å². The number of benzene rings is 1. The van der Waals surface area contributed by atoms with Gasteiger partial charge in [-0.1, -0.05) is 0 Å². The Balaban J connectivity index is 1.10. The zero-order chi connectivity index (χ0) is 24.6. The molecule has 186 valence electrons. The number of aldehydes is 1. The summed E-state index contributed by atoms with van der Waals surface area (Å²) in [7, 11) is 1.41. The lowest BCUT2D eigenvalue weighted by Crippen LogP contribution is -2.68. The first-order chi connectivity index (χ1) is 16.9. The first-order valence-electron chi connectivity index (χ1n) is 11.7. The molecule has 2 amide bonds. The second-order valence-corrected chi connectivity index (χ2v) is 9.64. The number of ether oxygens (including phenoxy) is 3. The third-order valence-electron chi connectivity index (χ3n) is 7.17. The van der Waals surface area contributed by atoms with E-state index in [1.807, 2.05) is 0 Å². The van der Waals surface area contributed by atoms with Gasteiger partial charge in [0.25, 0.3) is 5.91 Å². The van der Waals surface area contributed by atoms with Crippen molar-refractivity contribution in [2.45, 2.75) is 56.1 Å². The van der Waals surface area contributed by atoms with E-state index >= 15 is 0 Å².